The van der Waals surface area contributed by atoms with E-state index in [-0.39, 0.29) is 25.7 Å². The summed E-state index contributed by atoms with van der Waals surface area (Å²) in [5.41, 5.74) is 0. The number of esters is 4. The van der Waals surface area contributed by atoms with Gasteiger partial charge in [-0.2, -0.15) is 0 Å². The van der Waals surface area contributed by atoms with Gasteiger partial charge in [0.15, 0.2) is 12.2 Å². The van der Waals surface area contributed by atoms with Gasteiger partial charge in [-0.15, -0.1) is 0 Å². The van der Waals surface area contributed by atoms with Crippen molar-refractivity contribution >= 4 is 39.5 Å². The maximum Gasteiger partial charge on any atom is 0.472 e. The molecule has 588 valence electrons. The van der Waals surface area contributed by atoms with Crippen molar-refractivity contribution in [2.24, 2.45) is 11.8 Å². The van der Waals surface area contributed by atoms with Crippen molar-refractivity contribution in [3.63, 3.8) is 0 Å². The fourth-order valence-corrected chi connectivity index (χ4v) is 13.9. The van der Waals surface area contributed by atoms with Crippen LogP contribution in [-0.2, 0) is 65.4 Å². The smallest absolute Gasteiger partial charge is 0.462 e. The van der Waals surface area contributed by atoms with Crippen LogP contribution in [0.2, 0.25) is 0 Å². The van der Waals surface area contributed by atoms with Crippen molar-refractivity contribution in [1.82, 2.24) is 0 Å². The molecule has 0 aromatic heterocycles. The van der Waals surface area contributed by atoms with Crippen LogP contribution in [-0.4, -0.2) is 96.7 Å². The van der Waals surface area contributed by atoms with Crippen LogP contribution in [0.4, 0.5) is 0 Å². The van der Waals surface area contributed by atoms with E-state index in [0.29, 0.717) is 25.7 Å². The lowest BCUT2D eigenvalue weighted by Gasteiger charge is -2.21. The Kier molecular flexibility index (Phi) is 70.3. The molecule has 99 heavy (non-hydrogen) atoms. The normalized spacial score (nSPS) is 14.2. The Morgan fingerprint density at radius 2 is 0.515 bits per heavy atom. The zero-order valence-electron chi connectivity index (χ0n) is 64.8. The molecule has 0 aromatic carbocycles. The van der Waals surface area contributed by atoms with E-state index in [1.165, 1.54) is 238 Å². The summed E-state index contributed by atoms with van der Waals surface area (Å²) in [4.78, 5) is 73.0. The van der Waals surface area contributed by atoms with Gasteiger partial charge in [-0.3, -0.25) is 37.3 Å². The maximum atomic E-state index is 13.1. The van der Waals surface area contributed by atoms with E-state index in [9.17, 15) is 43.2 Å². The van der Waals surface area contributed by atoms with Gasteiger partial charge in [-0.05, 0) is 37.5 Å². The highest BCUT2D eigenvalue weighted by atomic mass is 31.2. The van der Waals surface area contributed by atoms with Crippen LogP contribution in [0.3, 0.4) is 0 Å². The molecule has 0 spiro atoms. The molecular weight excluding hydrogens is 1290 g/mol. The molecule has 0 bridgehead atoms. The summed E-state index contributed by atoms with van der Waals surface area (Å²) in [7, 11) is -9.92. The number of hydrogen-bond donors (Lipinski definition) is 3. The Morgan fingerprint density at radius 3 is 0.768 bits per heavy atom. The molecule has 0 aliphatic rings. The Hall–Kier alpha value is -1.94. The predicted molar refractivity (Wildman–Crippen MR) is 405 cm³/mol. The van der Waals surface area contributed by atoms with Crippen molar-refractivity contribution < 1.29 is 80.2 Å². The molecule has 17 nitrogen and oxygen atoms in total. The number of rotatable bonds is 79. The predicted octanol–water partition coefficient (Wildman–Crippen LogP) is 23.9. The Morgan fingerprint density at radius 1 is 0.293 bits per heavy atom. The number of phosphoric ester groups is 2. The molecular formula is C80H156O17P2. The third kappa shape index (κ3) is 72.8. The fraction of sp³-hybridized carbons (Fsp3) is 0.950. The third-order valence-electron chi connectivity index (χ3n) is 19.1. The van der Waals surface area contributed by atoms with Gasteiger partial charge >= 0.3 is 39.5 Å². The molecule has 0 aliphatic heterocycles. The molecule has 0 saturated carbocycles. The number of carbonyl (C=O) groups is 4. The van der Waals surface area contributed by atoms with E-state index in [1.807, 2.05) is 0 Å². The minimum Gasteiger partial charge on any atom is -0.462 e. The van der Waals surface area contributed by atoms with E-state index in [0.717, 1.165) is 102 Å². The zero-order valence-corrected chi connectivity index (χ0v) is 66.6. The number of aliphatic hydroxyl groups excluding tert-OH is 1. The lowest BCUT2D eigenvalue weighted by Crippen LogP contribution is -2.30. The molecule has 3 N–H and O–H groups in total. The average Bonchev–Trinajstić information content (AvgIpc) is 1.17. The first kappa shape index (κ1) is 97.1. The number of unbranched alkanes of at least 4 members (excludes halogenated alkanes) is 48. The van der Waals surface area contributed by atoms with E-state index in [2.05, 4.69) is 41.5 Å². The molecule has 0 fully saturated rings. The molecule has 0 aliphatic carbocycles. The zero-order chi connectivity index (χ0) is 72.8. The quantitative estimate of drug-likeness (QED) is 0.0222. The summed E-state index contributed by atoms with van der Waals surface area (Å²) in [5, 5.41) is 10.6. The molecule has 3 unspecified atom stereocenters. The van der Waals surface area contributed by atoms with Crippen LogP contribution >= 0.6 is 15.6 Å². The van der Waals surface area contributed by atoms with Crippen LogP contribution in [0.1, 0.15) is 420 Å². The molecule has 0 radical (unpaired) electrons. The molecule has 0 heterocycles. The maximum absolute atomic E-state index is 13.1. The largest absolute Gasteiger partial charge is 0.472 e. The highest BCUT2D eigenvalue weighted by Crippen LogP contribution is 2.45. The highest BCUT2D eigenvalue weighted by Gasteiger charge is 2.30. The second-order valence-corrected chi connectivity index (χ2v) is 32.4. The molecule has 0 aromatic rings. The van der Waals surface area contributed by atoms with Crippen molar-refractivity contribution in [2.45, 2.75) is 439 Å². The van der Waals surface area contributed by atoms with Crippen molar-refractivity contribution in [1.29, 1.82) is 0 Å². The number of hydrogen-bond acceptors (Lipinski definition) is 15. The van der Waals surface area contributed by atoms with Gasteiger partial charge in [0.2, 0.25) is 0 Å². The van der Waals surface area contributed by atoms with Crippen LogP contribution in [0.15, 0.2) is 0 Å². The number of phosphoric acid groups is 2. The van der Waals surface area contributed by atoms with Crippen LogP contribution < -0.4 is 0 Å². The van der Waals surface area contributed by atoms with Gasteiger partial charge < -0.3 is 33.8 Å². The summed E-state index contributed by atoms with van der Waals surface area (Å²) in [6.07, 6.45) is 61.1. The average molecular weight is 1450 g/mol. The third-order valence-corrected chi connectivity index (χ3v) is 21.0. The van der Waals surface area contributed by atoms with Gasteiger partial charge in [0, 0.05) is 25.7 Å². The van der Waals surface area contributed by atoms with Gasteiger partial charge in [0.1, 0.15) is 19.3 Å². The summed E-state index contributed by atoms with van der Waals surface area (Å²) in [6, 6.07) is 0. The van der Waals surface area contributed by atoms with Crippen LogP contribution in [0.25, 0.3) is 0 Å². The number of ether oxygens (including phenoxy) is 4. The second kappa shape index (κ2) is 71.7. The highest BCUT2D eigenvalue weighted by molar-refractivity contribution is 7.47. The number of aliphatic hydroxyl groups is 1. The van der Waals surface area contributed by atoms with E-state index >= 15 is 0 Å². The molecule has 6 atom stereocenters. The van der Waals surface area contributed by atoms with Crippen molar-refractivity contribution in [2.75, 3.05) is 39.6 Å². The van der Waals surface area contributed by atoms with E-state index < -0.39 is 97.5 Å². The standard InChI is InChI=1S/C80H156O17P2/c1-7-10-12-14-16-18-20-22-24-26-27-28-29-31-33-35-37-46-52-58-64-79(84)96-75(68-90-77(82)62-56-50-44-36-34-32-30-25-23-21-19-17-15-13-11-8-2)70-94-98(86,87)92-66-74(81)67-93-99(88,89)95-71-76(69-91-78(83)63-57-51-45-40-38-42-48-54-60-72(4)5)97-80(85)65-59-53-47-41-39-43-49-55-61-73(6)9-3/h72-76,81H,7-71H2,1-6H3,(H,86,87)(H,88,89)/t73?,74-,75-,76-/m1/s1. The summed E-state index contributed by atoms with van der Waals surface area (Å²) < 4.78 is 68.7. The first-order valence-corrected chi connectivity index (χ1v) is 44.5. The van der Waals surface area contributed by atoms with Gasteiger partial charge in [-0.1, -0.05) is 369 Å². The van der Waals surface area contributed by atoms with Crippen molar-refractivity contribution in [3.8, 4) is 0 Å². The SMILES string of the molecule is CCCCCCCCCCCCCCCCCCCCCCC(=O)O[C@H](COC(=O)CCCCCCCCCCCCCCCCCC)COP(=O)(O)OC[C@@H](O)COP(=O)(O)OC[C@@H](COC(=O)CCCCCCCCCCC(C)C)OC(=O)CCCCCCCCCCC(C)CC. The molecule has 0 rings (SSSR count). The number of carbonyl (C=O) groups excluding carboxylic acids is 4. The minimum absolute atomic E-state index is 0.105. The Bertz CT molecular complexity index is 1910. The van der Waals surface area contributed by atoms with Gasteiger partial charge in [0.25, 0.3) is 0 Å². The Labute approximate surface area is 607 Å². The van der Waals surface area contributed by atoms with Crippen LogP contribution in [0, 0.1) is 11.8 Å². The second-order valence-electron chi connectivity index (χ2n) is 29.5. The van der Waals surface area contributed by atoms with Gasteiger partial charge in [0.05, 0.1) is 26.4 Å². The van der Waals surface area contributed by atoms with Crippen molar-refractivity contribution in [3.05, 3.63) is 0 Å². The monoisotopic (exact) mass is 1450 g/mol. The first-order chi connectivity index (χ1) is 47.9. The summed E-state index contributed by atoms with van der Waals surface area (Å²) >= 11 is 0. The first-order valence-electron chi connectivity index (χ1n) is 41.5. The minimum atomic E-state index is -4.96. The van der Waals surface area contributed by atoms with Gasteiger partial charge in [-0.25, -0.2) is 9.13 Å². The topological polar surface area (TPSA) is 237 Å². The lowest BCUT2D eigenvalue weighted by atomic mass is 9.99. The summed E-state index contributed by atoms with van der Waals surface area (Å²) in [5.74, 6) is -0.616. The molecule has 0 saturated heterocycles. The van der Waals surface area contributed by atoms with E-state index in [1.54, 1.807) is 0 Å². The molecule has 19 heteroatoms. The van der Waals surface area contributed by atoms with E-state index in [4.69, 9.17) is 37.0 Å². The fourth-order valence-electron chi connectivity index (χ4n) is 12.3. The molecule has 0 amide bonds. The Balaban J connectivity index is 5.23. The summed E-state index contributed by atoms with van der Waals surface area (Å²) in [6.45, 7) is 9.59. The van der Waals surface area contributed by atoms with Crippen LogP contribution in [0.5, 0.6) is 0 Å². The lowest BCUT2D eigenvalue weighted by molar-refractivity contribution is -0.161.